The number of Topliss-reactive ketones (excluding diaryl/α,β-unsaturated/α-hetero) is 1. The molecule has 0 amide bonds. The molecule has 1 heterocycles. The summed E-state index contributed by atoms with van der Waals surface area (Å²) in [5, 5.41) is 0. The molecular formula is C8H15NOS. The van der Waals surface area contributed by atoms with Gasteiger partial charge in [0.15, 0.2) is 0 Å². The number of hydrogen-bond donors (Lipinski definition) is 0. The zero-order chi connectivity index (χ0) is 8.10. The molecule has 0 N–H and O–H groups in total. The highest BCUT2D eigenvalue weighted by molar-refractivity contribution is 7.99. The van der Waals surface area contributed by atoms with Gasteiger partial charge in [-0.1, -0.05) is 0 Å². The third kappa shape index (κ3) is 3.77. The van der Waals surface area contributed by atoms with Crippen molar-refractivity contribution in [2.24, 2.45) is 0 Å². The first-order chi connectivity index (χ1) is 5.29. The molecule has 0 radical (unpaired) electrons. The van der Waals surface area contributed by atoms with Crippen LogP contribution in [0.2, 0.25) is 0 Å². The average molecular weight is 173 g/mol. The van der Waals surface area contributed by atoms with E-state index >= 15 is 0 Å². The van der Waals surface area contributed by atoms with E-state index in [4.69, 9.17) is 0 Å². The molecule has 0 atom stereocenters. The van der Waals surface area contributed by atoms with Gasteiger partial charge in [-0.15, -0.1) is 0 Å². The molecule has 1 rings (SSSR count). The van der Waals surface area contributed by atoms with Crippen LogP contribution in [0.4, 0.5) is 0 Å². The standard InChI is InChI=1S/C8H15NOS/c1-8(10)7-9-3-2-5-11-6-4-9/h2-7H2,1H3. The van der Waals surface area contributed by atoms with E-state index in [0.717, 1.165) is 13.1 Å². The second-order valence-electron chi connectivity index (χ2n) is 2.94. The first-order valence-electron chi connectivity index (χ1n) is 4.08. The van der Waals surface area contributed by atoms with Gasteiger partial charge >= 0.3 is 0 Å². The Bertz CT molecular complexity index is 130. The maximum Gasteiger partial charge on any atom is 0.143 e. The molecule has 2 nitrogen and oxygen atoms in total. The number of ketones is 1. The predicted molar refractivity (Wildman–Crippen MR) is 49.1 cm³/mol. The predicted octanol–water partition coefficient (Wildman–Crippen LogP) is 1.01. The minimum atomic E-state index is 0.289. The third-order valence-corrected chi connectivity index (χ3v) is 2.81. The Morgan fingerprint density at radius 3 is 3.00 bits per heavy atom. The SMILES string of the molecule is CC(=O)CN1CCCSCC1. The summed E-state index contributed by atoms with van der Waals surface area (Å²) in [4.78, 5) is 13.0. The van der Waals surface area contributed by atoms with Crippen molar-refractivity contribution >= 4 is 17.5 Å². The van der Waals surface area contributed by atoms with Crippen LogP contribution in [0.5, 0.6) is 0 Å². The maximum absolute atomic E-state index is 10.8. The Balaban J connectivity index is 2.25. The van der Waals surface area contributed by atoms with Crippen LogP contribution in [-0.4, -0.2) is 41.8 Å². The van der Waals surface area contributed by atoms with Crippen molar-refractivity contribution < 1.29 is 4.79 Å². The molecule has 64 valence electrons. The summed E-state index contributed by atoms with van der Waals surface area (Å²) in [5.74, 6) is 2.73. The smallest absolute Gasteiger partial charge is 0.143 e. The number of carbonyl (C=O) groups is 1. The quantitative estimate of drug-likeness (QED) is 0.621. The number of thioether (sulfide) groups is 1. The Hall–Kier alpha value is -0.0200. The summed E-state index contributed by atoms with van der Waals surface area (Å²) in [6.45, 7) is 4.51. The molecule has 0 aromatic rings. The van der Waals surface area contributed by atoms with E-state index in [9.17, 15) is 4.79 Å². The number of hydrogen-bond acceptors (Lipinski definition) is 3. The van der Waals surface area contributed by atoms with E-state index in [1.807, 2.05) is 11.8 Å². The van der Waals surface area contributed by atoms with E-state index in [1.54, 1.807) is 6.92 Å². The summed E-state index contributed by atoms with van der Waals surface area (Å²) < 4.78 is 0. The molecule has 0 spiro atoms. The van der Waals surface area contributed by atoms with Gasteiger partial charge in [0, 0.05) is 12.3 Å². The molecule has 0 aromatic carbocycles. The third-order valence-electron chi connectivity index (χ3n) is 1.76. The Morgan fingerprint density at radius 1 is 1.45 bits per heavy atom. The van der Waals surface area contributed by atoms with E-state index in [1.165, 1.54) is 17.9 Å². The van der Waals surface area contributed by atoms with E-state index in [-0.39, 0.29) is 5.78 Å². The number of rotatable bonds is 2. The first-order valence-corrected chi connectivity index (χ1v) is 5.24. The van der Waals surface area contributed by atoms with Gasteiger partial charge < -0.3 is 0 Å². The summed E-state index contributed by atoms with van der Waals surface area (Å²) in [6.07, 6.45) is 1.23. The van der Waals surface area contributed by atoms with Crippen LogP contribution < -0.4 is 0 Å². The summed E-state index contributed by atoms with van der Waals surface area (Å²) in [7, 11) is 0. The van der Waals surface area contributed by atoms with Crippen molar-refractivity contribution in [3.63, 3.8) is 0 Å². The molecular weight excluding hydrogens is 158 g/mol. The number of carbonyl (C=O) groups excluding carboxylic acids is 1. The lowest BCUT2D eigenvalue weighted by Crippen LogP contribution is -2.30. The zero-order valence-corrected chi connectivity index (χ0v) is 7.82. The summed E-state index contributed by atoms with van der Waals surface area (Å²) in [5.41, 5.74) is 0. The van der Waals surface area contributed by atoms with E-state index in [2.05, 4.69) is 4.90 Å². The van der Waals surface area contributed by atoms with Crippen molar-refractivity contribution in [2.45, 2.75) is 13.3 Å². The molecule has 0 saturated carbocycles. The summed E-state index contributed by atoms with van der Waals surface area (Å²) >= 11 is 1.99. The highest BCUT2D eigenvalue weighted by Crippen LogP contribution is 2.09. The van der Waals surface area contributed by atoms with Crippen LogP contribution in [0.3, 0.4) is 0 Å². The van der Waals surface area contributed by atoms with E-state index in [0.29, 0.717) is 6.54 Å². The second-order valence-corrected chi connectivity index (χ2v) is 4.17. The monoisotopic (exact) mass is 173 g/mol. The molecule has 1 fully saturated rings. The van der Waals surface area contributed by atoms with Gasteiger partial charge in [-0.25, -0.2) is 0 Å². The van der Waals surface area contributed by atoms with Crippen molar-refractivity contribution in [2.75, 3.05) is 31.1 Å². The van der Waals surface area contributed by atoms with Crippen molar-refractivity contribution in [1.82, 2.24) is 4.90 Å². The fraction of sp³-hybridized carbons (Fsp3) is 0.875. The van der Waals surface area contributed by atoms with Gasteiger partial charge in [0.25, 0.3) is 0 Å². The van der Waals surface area contributed by atoms with Crippen LogP contribution >= 0.6 is 11.8 Å². The first kappa shape index (κ1) is 9.07. The molecule has 1 aliphatic rings. The Morgan fingerprint density at radius 2 is 2.27 bits per heavy atom. The van der Waals surface area contributed by atoms with Crippen LogP contribution in [0.15, 0.2) is 0 Å². The van der Waals surface area contributed by atoms with Gasteiger partial charge in [-0.05, 0) is 25.6 Å². The Labute approximate surface area is 72.3 Å². The van der Waals surface area contributed by atoms with Crippen molar-refractivity contribution in [3.05, 3.63) is 0 Å². The lowest BCUT2D eigenvalue weighted by molar-refractivity contribution is -0.118. The molecule has 1 saturated heterocycles. The molecule has 1 aliphatic heterocycles. The highest BCUT2D eigenvalue weighted by atomic mass is 32.2. The van der Waals surface area contributed by atoms with Crippen LogP contribution in [-0.2, 0) is 4.79 Å². The molecule has 3 heteroatoms. The topological polar surface area (TPSA) is 20.3 Å². The van der Waals surface area contributed by atoms with Gasteiger partial charge in [0.2, 0.25) is 0 Å². The highest BCUT2D eigenvalue weighted by Gasteiger charge is 2.09. The minimum absolute atomic E-state index is 0.289. The summed E-state index contributed by atoms with van der Waals surface area (Å²) in [6, 6.07) is 0. The molecule has 0 bridgehead atoms. The number of nitrogens with zero attached hydrogens (tertiary/aromatic N) is 1. The lowest BCUT2D eigenvalue weighted by atomic mass is 10.3. The second kappa shape index (κ2) is 4.78. The van der Waals surface area contributed by atoms with Gasteiger partial charge in [0.1, 0.15) is 5.78 Å². The van der Waals surface area contributed by atoms with Crippen molar-refractivity contribution in [1.29, 1.82) is 0 Å². The fourth-order valence-electron chi connectivity index (χ4n) is 1.27. The molecule has 0 unspecified atom stereocenters. The van der Waals surface area contributed by atoms with Crippen LogP contribution in [0.1, 0.15) is 13.3 Å². The lowest BCUT2D eigenvalue weighted by Gasteiger charge is -2.16. The molecule has 0 aliphatic carbocycles. The van der Waals surface area contributed by atoms with Crippen LogP contribution in [0, 0.1) is 0 Å². The van der Waals surface area contributed by atoms with Crippen LogP contribution in [0.25, 0.3) is 0 Å². The van der Waals surface area contributed by atoms with Crippen molar-refractivity contribution in [3.8, 4) is 0 Å². The fourth-order valence-corrected chi connectivity index (χ4v) is 2.20. The Kier molecular flexibility index (Phi) is 3.94. The molecule has 11 heavy (non-hydrogen) atoms. The van der Waals surface area contributed by atoms with Gasteiger partial charge in [-0.2, -0.15) is 11.8 Å². The normalized spacial score (nSPS) is 21.2. The van der Waals surface area contributed by atoms with Gasteiger partial charge in [0.05, 0.1) is 6.54 Å². The largest absolute Gasteiger partial charge is 0.299 e. The average Bonchev–Trinajstić information content (AvgIpc) is 2.14. The minimum Gasteiger partial charge on any atom is -0.299 e. The molecule has 0 aromatic heterocycles. The van der Waals surface area contributed by atoms with E-state index < -0.39 is 0 Å². The zero-order valence-electron chi connectivity index (χ0n) is 7.01. The van der Waals surface area contributed by atoms with Gasteiger partial charge in [-0.3, -0.25) is 9.69 Å². The maximum atomic E-state index is 10.8.